The van der Waals surface area contributed by atoms with Crippen LogP contribution in [0.2, 0.25) is 0 Å². The highest BCUT2D eigenvalue weighted by Crippen LogP contribution is 2.37. The average Bonchev–Trinajstić information content (AvgIpc) is 3.55. The molecule has 1 aromatic heterocycles. The molecule has 0 saturated carbocycles. The molecule has 3 aromatic carbocycles. The average molecular weight is 544 g/mol. The number of nitrogens with zero attached hydrogens (tertiary/aromatic N) is 5. The fourth-order valence-electron chi connectivity index (χ4n) is 4.70. The fraction of sp³-hybridized carbons (Fsp3) is 0.250. The highest BCUT2D eigenvalue weighted by atomic mass is 19.4. The Morgan fingerprint density at radius 3 is 2.00 bits per heavy atom. The number of rotatable bonds is 6. The van der Waals surface area contributed by atoms with Gasteiger partial charge in [0.25, 0.3) is 0 Å². The van der Waals surface area contributed by atoms with Crippen LogP contribution in [-0.2, 0) is 18.9 Å². The van der Waals surface area contributed by atoms with Gasteiger partial charge in [0, 0.05) is 12.1 Å². The summed E-state index contributed by atoms with van der Waals surface area (Å²) >= 11 is 0. The first-order valence-corrected chi connectivity index (χ1v) is 12.2. The summed E-state index contributed by atoms with van der Waals surface area (Å²) in [5, 5.41) is 8.51. The van der Waals surface area contributed by atoms with Crippen molar-refractivity contribution in [2.45, 2.75) is 31.9 Å². The molecule has 0 N–H and O–H groups in total. The number of amidine groups is 1. The molecule has 1 aliphatic rings. The lowest BCUT2D eigenvalue weighted by atomic mass is 10.0. The Hall–Kier alpha value is -4.15. The van der Waals surface area contributed by atoms with Crippen LogP contribution < -0.4 is 0 Å². The van der Waals surface area contributed by atoms with Crippen molar-refractivity contribution in [2.75, 3.05) is 13.1 Å². The van der Waals surface area contributed by atoms with Crippen LogP contribution in [0, 0.1) is 0 Å². The molecular weight excluding hydrogens is 520 g/mol. The summed E-state index contributed by atoms with van der Waals surface area (Å²) in [5.74, 6) is 0.566. The standard InChI is InChI=1S/C28H23F6N5/c1-18(20-8-4-2-5-9-20)38-13-12-35-26(38)24-25(21-10-6-3-7-11-21)39(37-36-24)17-19-14-22(27(29,30)31)16-23(15-19)28(32,33)34/h2-11,14-16,18H,12-13,17H2,1H3/t18-/m0/s1. The number of benzene rings is 3. The van der Waals surface area contributed by atoms with Gasteiger partial charge in [0.15, 0.2) is 11.5 Å². The Bertz CT molecular complexity index is 1440. The molecular formula is C28H23F6N5. The predicted molar refractivity (Wildman–Crippen MR) is 134 cm³/mol. The van der Waals surface area contributed by atoms with Crippen molar-refractivity contribution in [3.8, 4) is 11.3 Å². The van der Waals surface area contributed by atoms with Crippen molar-refractivity contribution in [3.63, 3.8) is 0 Å². The molecule has 5 nitrogen and oxygen atoms in total. The molecule has 4 aromatic rings. The maximum absolute atomic E-state index is 13.5. The molecule has 5 rings (SSSR count). The van der Waals surface area contributed by atoms with Gasteiger partial charge < -0.3 is 4.90 Å². The number of hydrogen-bond donors (Lipinski definition) is 0. The molecule has 1 aliphatic heterocycles. The third kappa shape index (κ3) is 5.52. The van der Waals surface area contributed by atoms with Crippen molar-refractivity contribution in [1.29, 1.82) is 0 Å². The fourth-order valence-corrected chi connectivity index (χ4v) is 4.70. The van der Waals surface area contributed by atoms with E-state index in [0.717, 1.165) is 5.56 Å². The molecule has 0 radical (unpaired) electrons. The molecule has 2 heterocycles. The van der Waals surface area contributed by atoms with Gasteiger partial charge in [-0.2, -0.15) is 26.3 Å². The van der Waals surface area contributed by atoms with E-state index in [-0.39, 0.29) is 24.2 Å². The lowest BCUT2D eigenvalue weighted by Gasteiger charge is -2.27. The summed E-state index contributed by atoms with van der Waals surface area (Å²) in [6.07, 6.45) is -9.89. The van der Waals surface area contributed by atoms with Gasteiger partial charge in [-0.05, 0) is 36.2 Å². The normalized spacial score (nSPS) is 14.9. The van der Waals surface area contributed by atoms with E-state index in [2.05, 4.69) is 20.2 Å². The highest BCUT2D eigenvalue weighted by molar-refractivity contribution is 6.03. The largest absolute Gasteiger partial charge is 0.416 e. The zero-order valence-corrected chi connectivity index (χ0v) is 20.7. The van der Waals surface area contributed by atoms with Crippen LogP contribution in [0.25, 0.3) is 11.3 Å². The molecule has 11 heteroatoms. The van der Waals surface area contributed by atoms with Gasteiger partial charge in [-0.1, -0.05) is 65.9 Å². The first kappa shape index (κ1) is 26.5. The van der Waals surface area contributed by atoms with Gasteiger partial charge in [-0.25, -0.2) is 4.68 Å². The van der Waals surface area contributed by atoms with Crippen molar-refractivity contribution < 1.29 is 26.3 Å². The second-order valence-corrected chi connectivity index (χ2v) is 9.21. The first-order chi connectivity index (χ1) is 18.5. The first-order valence-electron chi connectivity index (χ1n) is 12.2. The molecule has 0 bridgehead atoms. The summed E-state index contributed by atoms with van der Waals surface area (Å²) in [6.45, 7) is 2.81. The summed E-state index contributed by atoms with van der Waals surface area (Å²) < 4.78 is 82.1. The van der Waals surface area contributed by atoms with Crippen LogP contribution in [0.4, 0.5) is 26.3 Å². The summed E-state index contributed by atoms with van der Waals surface area (Å²) in [5.41, 5.74) is -0.383. The smallest absolute Gasteiger partial charge is 0.346 e. The number of alkyl halides is 6. The van der Waals surface area contributed by atoms with E-state index in [1.807, 2.05) is 37.3 Å². The van der Waals surface area contributed by atoms with E-state index >= 15 is 0 Å². The molecule has 0 spiro atoms. The monoisotopic (exact) mass is 543 g/mol. The van der Waals surface area contributed by atoms with Gasteiger partial charge in [-0.3, -0.25) is 4.99 Å². The van der Waals surface area contributed by atoms with Crippen LogP contribution in [-0.4, -0.2) is 38.8 Å². The van der Waals surface area contributed by atoms with Crippen LogP contribution in [0.5, 0.6) is 0 Å². The Kier molecular flexibility index (Phi) is 6.92. The van der Waals surface area contributed by atoms with Gasteiger partial charge >= 0.3 is 12.4 Å². The van der Waals surface area contributed by atoms with E-state index in [1.54, 1.807) is 30.3 Å². The predicted octanol–water partition coefficient (Wildman–Crippen LogP) is 6.85. The summed E-state index contributed by atoms with van der Waals surface area (Å²) in [4.78, 5) is 6.73. The zero-order chi connectivity index (χ0) is 27.8. The van der Waals surface area contributed by atoms with Gasteiger partial charge in [-0.15, -0.1) is 5.10 Å². The van der Waals surface area contributed by atoms with Crippen molar-refractivity contribution in [2.24, 2.45) is 4.99 Å². The van der Waals surface area contributed by atoms with Crippen molar-refractivity contribution >= 4 is 5.84 Å². The van der Waals surface area contributed by atoms with Gasteiger partial charge in [0.1, 0.15) is 5.69 Å². The number of halogens is 6. The molecule has 0 unspecified atom stereocenters. The quantitative estimate of drug-likeness (QED) is 0.250. The maximum atomic E-state index is 13.5. The van der Waals surface area contributed by atoms with E-state index in [4.69, 9.17) is 0 Å². The molecule has 202 valence electrons. The Morgan fingerprint density at radius 2 is 1.41 bits per heavy atom. The minimum absolute atomic E-state index is 0.0564. The maximum Gasteiger partial charge on any atom is 0.416 e. The Labute approximate surface area is 220 Å². The Balaban J connectivity index is 1.58. The number of hydrogen-bond acceptors (Lipinski definition) is 4. The van der Waals surface area contributed by atoms with Crippen molar-refractivity contribution in [3.05, 3.63) is 107 Å². The second-order valence-electron chi connectivity index (χ2n) is 9.21. The molecule has 0 aliphatic carbocycles. The zero-order valence-electron chi connectivity index (χ0n) is 20.7. The van der Waals surface area contributed by atoms with Gasteiger partial charge in [0.05, 0.1) is 30.3 Å². The number of aromatic nitrogens is 3. The molecule has 0 amide bonds. The molecule has 39 heavy (non-hydrogen) atoms. The van der Waals surface area contributed by atoms with E-state index in [9.17, 15) is 26.3 Å². The van der Waals surface area contributed by atoms with Crippen LogP contribution >= 0.6 is 0 Å². The minimum Gasteiger partial charge on any atom is -0.346 e. The topological polar surface area (TPSA) is 46.3 Å². The van der Waals surface area contributed by atoms with E-state index in [0.29, 0.717) is 48.0 Å². The highest BCUT2D eigenvalue weighted by Gasteiger charge is 2.37. The molecule has 0 saturated heterocycles. The SMILES string of the molecule is C[C@@H](c1ccccc1)N1CCN=C1c1nnn(Cc2cc(C(F)(F)F)cc(C(F)(F)F)c2)c1-c1ccccc1. The summed E-state index contributed by atoms with van der Waals surface area (Å²) in [7, 11) is 0. The third-order valence-corrected chi connectivity index (χ3v) is 6.60. The van der Waals surface area contributed by atoms with E-state index in [1.165, 1.54) is 4.68 Å². The lowest BCUT2D eigenvalue weighted by molar-refractivity contribution is -0.143. The molecule has 0 fully saturated rings. The van der Waals surface area contributed by atoms with Crippen LogP contribution in [0.1, 0.15) is 40.9 Å². The van der Waals surface area contributed by atoms with Crippen LogP contribution in [0.3, 0.4) is 0 Å². The van der Waals surface area contributed by atoms with Crippen molar-refractivity contribution in [1.82, 2.24) is 19.9 Å². The van der Waals surface area contributed by atoms with Crippen LogP contribution in [0.15, 0.2) is 83.9 Å². The van der Waals surface area contributed by atoms with E-state index < -0.39 is 23.5 Å². The number of aliphatic imine (C=N–C) groups is 1. The lowest BCUT2D eigenvalue weighted by Crippen LogP contribution is -2.32. The Morgan fingerprint density at radius 1 is 0.821 bits per heavy atom. The molecule has 1 atom stereocenters. The van der Waals surface area contributed by atoms with Gasteiger partial charge in [0.2, 0.25) is 0 Å². The summed E-state index contributed by atoms with van der Waals surface area (Å²) in [6, 6.07) is 20.2. The minimum atomic E-state index is -4.95. The second kappa shape index (κ2) is 10.2. The third-order valence-electron chi connectivity index (χ3n) is 6.60.